The summed E-state index contributed by atoms with van der Waals surface area (Å²) in [6, 6.07) is -0.223. The number of amides is 1. The molecule has 0 spiro atoms. The minimum atomic E-state index is -3.65. The highest BCUT2D eigenvalue weighted by atomic mass is 32.2. The molecule has 1 rings (SSSR count). The summed E-state index contributed by atoms with van der Waals surface area (Å²) in [5.41, 5.74) is 5.19. The molecule has 0 saturated carbocycles. The Morgan fingerprint density at radius 3 is 2.50 bits per heavy atom. The third-order valence-electron chi connectivity index (χ3n) is 3.16. The van der Waals surface area contributed by atoms with E-state index in [1.54, 1.807) is 6.92 Å². The van der Waals surface area contributed by atoms with Crippen LogP contribution in [-0.4, -0.2) is 48.0 Å². The summed E-state index contributed by atoms with van der Waals surface area (Å²) < 4.78 is 25.2. The topological polar surface area (TPSA) is 118 Å². The van der Waals surface area contributed by atoms with Crippen molar-refractivity contribution in [2.75, 3.05) is 12.3 Å². The van der Waals surface area contributed by atoms with E-state index in [0.717, 1.165) is 0 Å². The van der Waals surface area contributed by atoms with Gasteiger partial charge in [-0.15, -0.1) is 0 Å². The quantitative estimate of drug-likeness (QED) is 0.694. The Morgan fingerprint density at radius 1 is 1.39 bits per heavy atom. The lowest BCUT2D eigenvalue weighted by molar-refractivity contribution is -0.136. The van der Waals surface area contributed by atoms with E-state index in [9.17, 15) is 18.0 Å². The molecule has 0 aliphatic carbocycles. The highest BCUT2D eigenvalue weighted by molar-refractivity contribution is 7.89. The Morgan fingerprint density at radius 2 is 2.00 bits per heavy atom. The number of piperidine rings is 1. The molecule has 104 valence electrons. The van der Waals surface area contributed by atoms with Gasteiger partial charge in [-0.2, -0.15) is 4.31 Å². The Balaban J connectivity index is 2.78. The SMILES string of the molecule is CC1CCC(C(N)=O)CN1S(=O)(=O)CCC(=O)O. The van der Waals surface area contributed by atoms with E-state index in [1.165, 1.54) is 4.31 Å². The van der Waals surface area contributed by atoms with Gasteiger partial charge in [0.25, 0.3) is 0 Å². The molecule has 1 saturated heterocycles. The summed E-state index contributed by atoms with van der Waals surface area (Å²) in [4.78, 5) is 21.5. The Bertz CT molecular complexity index is 434. The summed E-state index contributed by atoms with van der Waals surface area (Å²) in [5, 5.41) is 8.52. The zero-order valence-corrected chi connectivity index (χ0v) is 11.0. The molecule has 1 aliphatic rings. The van der Waals surface area contributed by atoms with Crippen molar-refractivity contribution < 1.29 is 23.1 Å². The smallest absolute Gasteiger partial charge is 0.304 e. The first-order valence-electron chi connectivity index (χ1n) is 5.74. The summed E-state index contributed by atoms with van der Waals surface area (Å²) in [6.45, 7) is 1.80. The van der Waals surface area contributed by atoms with E-state index >= 15 is 0 Å². The maximum absolute atomic E-state index is 12.0. The number of carbonyl (C=O) groups excluding carboxylic acids is 1. The number of carbonyl (C=O) groups is 2. The van der Waals surface area contributed by atoms with E-state index in [2.05, 4.69) is 0 Å². The van der Waals surface area contributed by atoms with Gasteiger partial charge in [-0.05, 0) is 19.8 Å². The molecular weight excluding hydrogens is 260 g/mol. The number of aliphatic carboxylic acids is 1. The monoisotopic (exact) mass is 278 g/mol. The first-order valence-corrected chi connectivity index (χ1v) is 7.35. The van der Waals surface area contributed by atoms with Crippen LogP contribution in [0.4, 0.5) is 0 Å². The van der Waals surface area contributed by atoms with Crippen LogP contribution >= 0.6 is 0 Å². The summed E-state index contributed by atoms with van der Waals surface area (Å²) in [6.07, 6.45) is 0.689. The zero-order chi connectivity index (χ0) is 13.9. The molecule has 1 amide bonds. The molecule has 8 heteroatoms. The van der Waals surface area contributed by atoms with Crippen molar-refractivity contribution >= 4 is 21.9 Å². The maximum Gasteiger partial charge on any atom is 0.304 e. The fraction of sp³-hybridized carbons (Fsp3) is 0.800. The van der Waals surface area contributed by atoms with Gasteiger partial charge in [0.05, 0.1) is 18.1 Å². The van der Waals surface area contributed by atoms with Crippen molar-refractivity contribution in [2.24, 2.45) is 11.7 Å². The van der Waals surface area contributed by atoms with E-state index in [0.29, 0.717) is 12.8 Å². The highest BCUT2D eigenvalue weighted by Gasteiger charge is 2.35. The summed E-state index contributed by atoms with van der Waals surface area (Å²) >= 11 is 0. The first kappa shape index (κ1) is 14.9. The molecule has 1 aliphatic heterocycles. The van der Waals surface area contributed by atoms with Crippen LogP contribution in [0.3, 0.4) is 0 Å². The van der Waals surface area contributed by atoms with Crippen LogP contribution in [0.1, 0.15) is 26.2 Å². The fourth-order valence-corrected chi connectivity index (χ4v) is 3.76. The lowest BCUT2D eigenvalue weighted by Crippen LogP contribution is -2.49. The number of carboxylic acids is 1. The fourth-order valence-electron chi connectivity index (χ4n) is 2.03. The number of hydrogen-bond donors (Lipinski definition) is 2. The minimum absolute atomic E-state index is 0.0540. The van der Waals surface area contributed by atoms with Gasteiger partial charge < -0.3 is 10.8 Å². The molecule has 3 N–H and O–H groups in total. The number of rotatable bonds is 5. The number of hydrogen-bond acceptors (Lipinski definition) is 4. The van der Waals surface area contributed by atoms with Crippen molar-refractivity contribution in [3.05, 3.63) is 0 Å². The van der Waals surface area contributed by atoms with Crippen LogP contribution in [0, 0.1) is 5.92 Å². The Labute approximate surface area is 106 Å². The standard InChI is InChI=1S/C10H18N2O5S/c1-7-2-3-8(10(11)15)6-12(7)18(16,17)5-4-9(13)14/h7-8H,2-6H2,1H3,(H2,11,15)(H,13,14). The zero-order valence-electron chi connectivity index (χ0n) is 10.2. The van der Waals surface area contributed by atoms with Crippen molar-refractivity contribution in [3.63, 3.8) is 0 Å². The number of primary amides is 1. The molecule has 1 fully saturated rings. The van der Waals surface area contributed by atoms with Crippen LogP contribution in [-0.2, 0) is 19.6 Å². The average molecular weight is 278 g/mol. The molecule has 2 unspecified atom stereocenters. The first-order chi connectivity index (χ1) is 8.24. The molecule has 0 aromatic rings. The lowest BCUT2D eigenvalue weighted by Gasteiger charge is -2.35. The van der Waals surface area contributed by atoms with Gasteiger partial charge in [-0.25, -0.2) is 8.42 Å². The second-order valence-corrected chi connectivity index (χ2v) is 6.60. The lowest BCUT2D eigenvalue weighted by atomic mass is 9.95. The molecule has 7 nitrogen and oxygen atoms in total. The third kappa shape index (κ3) is 3.67. The van der Waals surface area contributed by atoms with E-state index < -0.39 is 40.0 Å². The van der Waals surface area contributed by atoms with Crippen LogP contribution in [0.15, 0.2) is 0 Å². The largest absolute Gasteiger partial charge is 0.481 e. The third-order valence-corrected chi connectivity index (χ3v) is 5.10. The average Bonchev–Trinajstić information content (AvgIpc) is 2.26. The highest BCUT2D eigenvalue weighted by Crippen LogP contribution is 2.24. The van der Waals surface area contributed by atoms with Crippen molar-refractivity contribution in [1.29, 1.82) is 0 Å². The number of sulfonamides is 1. The molecule has 18 heavy (non-hydrogen) atoms. The number of nitrogens with zero attached hydrogens (tertiary/aromatic N) is 1. The van der Waals surface area contributed by atoms with Gasteiger partial charge in [-0.1, -0.05) is 0 Å². The van der Waals surface area contributed by atoms with Crippen LogP contribution in [0.2, 0.25) is 0 Å². The molecule has 0 aromatic carbocycles. The van der Waals surface area contributed by atoms with E-state index in [-0.39, 0.29) is 12.6 Å². The van der Waals surface area contributed by atoms with E-state index in [4.69, 9.17) is 10.8 Å². The Kier molecular flexibility index (Phi) is 4.69. The van der Waals surface area contributed by atoms with Gasteiger partial charge >= 0.3 is 5.97 Å². The molecule has 1 heterocycles. The van der Waals surface area contributed by atoms with Gasteiger partial charge in [0.15, 0.2) is 0 Å². The normalized spacial score (nSPS) is 25.8. The summed E-state index contributed by atoms with van der Waals surface area (Å²) in [7, 11) is -3.65. The second kappa shape index (κ2) is 5.66. The number of carboxylic acid groups (broad SMARTS) is 1. The molecule has 0 bridgehead atoms. The minimum Gasteiger partial charge on any atom is -0.481 e. The van der Waals surface area contributed by atoms with Crippen LogP contribution in [0.25, 0.3) is 0 Å². The predicted octanol–water partition coefficient (Wildman–Crippen LogP) is -0.623. The van der Waals surface area contributed by atoms with Crippen molar-refractivity contribution in [2.45, 2.75) is 32.2 Å². The molecule has 0 aromatic heterocycles. The Hall–Kier alpha value is -1.15. The van der Waals surface area contributed by atoms with Gasteiger partial charge in [-0.3, -0.25) is 9.59 Å². The van der Waals surface area contributed by atoms with Crippen LogP contribution in [0.5, 0.6) is 0 Å². The van der Waals surface area contributed by atoms with E-state index in [1.807, 2.05) is 0 Å². The summed E-state index contributed by atoms with van der Waals surface area (Å²) in [5.74, 6) is -2.60. The van der Waals surface area contributed by atoms with Crippen LogP contribution < -0.4 is 5.73 Å². The van der Waals surface area contributed by atoms with Crippen molar-refractivity contribution in [3.8, 4) is 0 Å². The van der Waals surface area contributed by atoms with Gasteiger partial charge in [0.1, 0.15) is 0 Å². The second-order valence-electron chi connectivity index (χ2n) is 4.56. The van der Waals surface area contributed by atoms with Crippen molar-refractivity contribution in [1.82, 2.24) is 4.31 Å². The van der Waals surface area contributed by atoms with Gasteiger partial charge in [0, 0.05) is 12.6 Å². The number of nitrogens with two attached hydrogens (primary N) is 1. The molecule has 0 radical (unpaired) electrons. The molecular formula is C10H18N2O5S. The molecule has 2 atom stereocenters. The van der Waals surface area contributed by atoms with Gasteiger partial charge in [0.2, 0.25) is 15.9 Å². The predicted molar refractivity (Wildman–Crippen MR) is 64.1 cm³/mol. The maximum atomic E-state index is 12.0.